The van der Waals surface area contributed by atoms with Crippen molar-refractivity contribution in [1.29, 1.82) is 0 Å². The van der Waals surface area contributed by atoms with Crippen LogP contribution in [0.2, 0.25) is 0 Å². The van der Waals surface area contributed by atoms with Gasteiger partial charge in [0.1, 0.15) is 0 Å². The van der Waals surface area contributed by atoms with Gasteiger partial charge < -0.3 is 15.1 Å². The van der Waals surface area contributed by atoms with E-state index in [0.717, 1.165) is 32.4 Å². The second-order valence-corrected chi connectivity index (χ2v) is 5.54. The van der Waals surface area contributed by atoms with E-state index >= 15 is 0 Å². The highest BCUT2D eigenvalue weighted by molar-refractivity contribution is 5.89. The van der Waals surface area contributed by atoms with Crippen molar-refractivity contribution in [1.82, 2.24) is 15.1 Å². The van der Waals surface area contributed by atoms with Crippen LogP contribution in [0, 0.1) is 5.92 Å². The Bertz CT molecular complexity index is 305. The van der Waals surface area contributed by atoms with Gasteiger partial charge in [0.25, 0.3) is 0 Å². The first-order valence-electron chi connectivity index (χ1n) is 7.24. The Kier molecular flexibility index (Phi) is 6.84. The van der Waals surface area contributed by atoms with E-state index in [4.69, 9.17) is 0 Å². The summed E-state index contributed by atoms with van der Waals surface area (Å²) in [6.07, 6.45) is 3.68. The maximum atomic E-state index is 11.9. The van der Waals surface area contributed by atoms with E-state index in [0.29, 0.717) is 19.5 Å². The number of carbonyl (C=O) groups excluding carboxylic acids is 2. The topological polar surface area (TPSA) is 52.7 Å². The molecule has 1 aliphatic rings. The van der Waals surface area contributed by atoms with Crippen LogP contribution in [0.3, 0.4) is 0 Å². The van der Waals surface area contributed by atoms with Gasteiger partial charge >= 0.3 is 0 Å². The summed E-state index contributed by atoms with van der Waals surface area (Å²) in [6.45, 7) is 5.00. The number of unbranched alkanes of at least 4 members (excludes halogenated alkanes) is 2. The van der Waals surface area contributed by atoms with Gasteiger partial charge in [-0.2, -0.15) is 0 Å². The van der Waals surface area contributed by atoms with E-state index in [2.05, 4.69) is 12.2 Å². The minimum atomic E-state index is -0.156. The van der Waals surface area contributed by atoms with Gasteiger partial charge in [0.05, 0.1) is 5.92 Å². The number of nitrogens with one attached hydrogen (secondary N) is 1. The molecule has 1 heterocycles. The highest BCUT2D eigenvalue weighted by Crippen LogP contribution is 2.17. The van der Waals surface area contributed by atoms with Gasteiger partial charge in [-0.25, -0.2) is 0 Å². The van der Waals surface area contributed by atoms with Crippen molar-refractivity contribution in [2.24, 2.45) is 5.92 Å². The Morgan fingerprint density at radius 3 is 2.79 bits per heavy atom. The van der Waals surface area contributed by atoms with Crippen LogP contribution in [0.5, 0.6) is 0 Å². The van der Waals surface area contributed by atoms with E-state index in [1.807, 2.05) is 19.0 Å². The molecule has 1 N–H and O–H groups in total. The van der Waals surface area contributed by atoms with Crippen molar-refractivity contribution >= 4 is 11.8 Å². The first kappa shape index (κ1) is 16.0. The van der Waals surface area contributed by atoms with Crippen LogP contribution < -0.4 is 5.32 Å². The number of likely N-dealkylation sites (N-methyl/N-ethyl adjacent to an activating group) is 1. The quantitative estimate of drug-likeness (QED) is 0.660. The molecule has 0 aliphatic carbocycles. The van der Waals surface area contributed by atoms with Crippen LogP contribution in [-0.2, 0) is 9.59 Å². The number of amides is 2. The number of nitrogens with zero attached hydrogens (tertiary/aromatic N) is 2. The molecule has 110 valence electrons. The van der Waals surface area contributed by atoms with Gasteiger partial charge in [-0.15, -0.1) is 0 Å². The van der Waals surface area contributed by atoms with Crippen molar-refractivity contribution in [3.8, 4) is 0 Å². The van der Waals surface area contributed by atoms with Crippen LogP contribution >= 0.6 is 0 Å². The number of carbonyl (C=O) groups is 2. The number of likely N-dealkylation sites (tertiary alicyclic amines) is 1. The van der Waals surface area contributed by atoms with Crippen molar-refractivity contribution in [2.45, 2.75) is 32.6 Å². The smallest absolute Gasteiger partial charge is 0.225 e. The summed E-state index contributed by atoms with van der Waals surface area (Å²) >= 11 is 0. The lowest BCUT2D eigenvalue weighted by Gasteiger charge is -2.19. The van der Waals surface area contributed by atoms with Gasteiger partial charge in [0.15, 0.2) is 0 Å². The Morgan fingerprint density at radius 2 is 2.16 bits per heavy atom. The number of hydrogen-bond donors (Lipinski definition) is 1. The normalized spacial score (nSPS) is 19.3. The predicted molar refractivity (Wildman–Crippen MR) is 75.8 cm³/mol. The standard InChI is InChI=1S/C14H27N3O2/c1-4-5-6-7-15-14(19)12-10-13(18)17(11-12)9-8-16(2)3/h12H,4-11H2,1-3H3,(H,15,19). The zero-order valence-electron chi connectivity index (χ0n) is 12.4. The first-order chi connectivity index (χ1) is 9.04. The fraction of sp³-hybridized carbons (Fsp3) is 0.857. The SMILES string of the molecule is CCCCCNC(=O)C1CC(=O)N(CCN(C)C)C1. The van der Waals surface area contributed by atoms with Gasteiger partial charge in [-0.05, 0) is 20.5 Å². The third kappa shape index (κ3) is 5.59. The molecule has 1 saturated heterocycles. The Morgan fingerprint density at radius 1 is 1.42 bits per heavy atom. The molecule has 1 aliphatic heterocycles. The Labute approximate surface area is 116 Å². The average Bonchev–Trinajstić information content (AvgIpc) is 2.73. The summed E-state index contributed by atoms with van der Waals surface area (Å²) in [4.78, 5) is 27.6. The minimum absolute atomic E-state index is 0.0387. The lowest BCUT2D eigenvalue weighted by atomic mass is 10.1. The molecule has 0 aromatic rings. The van der Waals surface area contributed by atoms with Crippen molar-refractivity contribution in [3.05, 3.63) is 0 Å². The summed E-state index contributed by atoms with van der Waals surface area (Å²) in [5.41, 5.74) is 0. The summed E-state index contributed by atoms with van der Waals surface area (Å²) < 4.78 is 0. The molecule has 0 spiro atoms. The van der Waals surface area contributed by atoms with Crippen LogP contribution in [0.4, 0.5) is 0 Å². The molecule has 5 heteroatoms. The lowest BCUT2D eigenvalue weighted by Crippen LogP contribution is -2.35. The van der Waals surface area contributed by atoms with Gasteiger partial charge in [-0.1, -0.05) is 19.8 Å². The molecule has 0 bridgehead atoms. The highest BCUT2D eigenvalue weighted by atomic mass is 16.2. The molecular formula is C14H27N3O2. The molecule has 0 aromatic carbocycles. The zero-order valence-corrected chi connectivity index (χ0v) is 12.4. The number of rotatable bonds is 8. The maximum Gasteiger partial charge on any atom is 0.225 e. The van der Waals surface area contributed by atoms with E-state index in [-0.39, 0.29) is 17.7 Å². The molecular weight excluding hydrogens is 242 g/mol. The fourth-order valence-corrected chi connectivity index (χ4v) is 2.22. The zero-order chi connectivity index (χ0) is 14.3. The van der Waals surface area contributed by atoms with Crippen LogP contribution in [0.15, 0.2) is 0 Å². The van der Waals surface area contributed by atoms with E-state index in [1.54, 1.807) is 4.90 Å². The second-order valence-electron chi connectivity index (χ2n) is 5.54. The highest BCUT2D eigenvalue weighted by Gasteiger charge is 2.33. The molecule has 0 radical (unpaired) electrons. The molecule has 1 unspecified atom stereocenters. The largest absolute Gasteiger partial charge is 0.356 e. The number of hydrogen-bond acceptors (Lipinski definition) is 3. The molecule has 1 fully saturated rings. The van der Waals surface area contributed by atoms with Crippen LogP contribution in [0.25, 0.3) is 0 Å². The summed E-state index contributed by atoms with van der Waals surface area (Å²) in [5.74, 6) is -0.0105. The van der Waals surface area contributed by atoms with Crippen molar-refractivity contribution < 1.29 is 9.59 Å². The molecule has 1 rings (SSSR count). The minimum Gasteiger partial charge on any atom is -0.356 e. The summed E-state index contributed by atoms with van der Waals surface area (Å²) in [5, 5.41) is 2.94. The van der Waals surface area contributed by atoms with Gasteiger partial charge in [-0.3, -0.25) is 9.59 Å². The van der Waals surface area contributed by atoms with Crippen molar-refractivity contribution in [3.63, 3.8) is 0 Å². The molecule has 0 aromatic heterocycles. The second kappa shape index (κ2) is 8.15. The van der Waals surface area contributed by atoms with Crippen LogP contribution in [0.1, 0.15) is 32.6 Å². The summed E-state index contributed by atoms with van der Waals surface area (Å²) in [7, 11) is 3.97. The van der Waals surface area contributed by atoms with Gasteiger partial charge in [0.2, 0.25) is 11.8 Å². The summed E-state index contributed by atoms with van der Waals surface area (Å²) in [6, 6.07) is 0. The molecule has 1 atom stereocenters. The third-order valence-electron chi connectivity index (χ3n) is 3.48. The van der Waals surface area contributed by atoms with Crippen molar-refractivity contribution in [2.75, 3.05) is 40.3 Å². The lowest BCUT2D eigenvalue weighted by molar-refractivity contribution is -0.129. The van der Waals surface area contributed by atoms with E-state index < -0.39 is 0 Å². The molecule has 2 amide bonds. The Balaban J connectivity index is 2.28. The molecule has 0 saturated carbocycles. The average molecular weight is 269 g/mol. The van der Waals surface area contributed by atoms with Crippen LogP contribution in [-0.4, -0.2) is 61.9 Å². The first-order valence-corrected chi connectivity index (χ1v) is 7.24. The maximum absolute atomic E-state index is 11.9. The Hall–Kier alpha value is -1.10. The molecule has 19 heavy (non-hydrogen) atoms. The third-order valence-corrected chi connectivity index (χ3v) is 3.48. The van der Waals surface area contributed by atoms with Gasteiger partial charge in [0, 0.05) is 32.6 Å². The predicted octanol–water partition coefficient (Wildman–Crippen LogP) is 0.703. The monoisotopic (exact) mass is 269 g/mol. The van der Waals surface area contributed by atoms with E-state index in [9.17, 15) is 9.59 Å². The molecule has 5 nitrogen and oxygen atoms in total. The van der Waals surface area contributed by atoms with E-state index in [1.165, 1.54) is 0 Å². The fourth-order valence-electron chi connectivity index (χ4n) is 2.22.